The molecule has 1 aromatic rings. The summed E-state index contributed by atoms with van der Waals surface area (Å²) < 4.78 is 10.9. The summed E-state index contributed by atoms with van der Waals surface area (Å²) >= 11 is 0. The molecular formula is C15H22N2O3. The molecule has 2 N–H and O–H groups in total. The lowest BCUT2D eigenvalue weighted by Gasteiger charge is -2.23. The number of carbonyl (C=O) groups is 1. The molecule has 0 bridgehead atoms. The van der Waals surface area contributed by atoms with Crippen LogP contribution in [0.5, 0.6) is 5.75 Å². The Balaban J connectivity index is 1.88. The molecule has 0 aliphatic carbocycles. The summed E-state index contributed by atoms with van der Waals surface area (Å²) in [7, 11) is 0. The van der Waals surface area contributed by atoms with Gasteiger partial charge in [-0.25, -0.2) is 0 Å². The highest BCUT2D eigenvalue weighted by Crippen LogP contribution is 2.14. The molecule has 20 heavy (non-hydrogen) atoms. The molecule has 110 valence electrons. The SMILES string of the molecule is CC(C)Oc1cccc(C(=O)NCC2COCCN2)c1. The number of amides is 1. The van der Waals surface area contributed by atoms with Crippen molar-refractivity contribution in [2.45, 2.75) is 26.0 Å². The molecule has 1 amide bonds. The van der Waals surface area contributed by atoms with Crippen LogP contribution in [-0.4, -0.2) is 44.4 Å². The maximum absolute atomic E-state index is 12.1. The summed E-state index contributed by atoms with van der Waals surface area (Å²) in [5.74, 6) is 0.623. The van der Waals surface area contributed by atoms with E-state index in [4.69, 9.17) is 9.47 Å². The second kappa shape index (κ2) is 7.26. The van der Waals surface area contributed by atoms with Crippen LogP contribution in [0.25, 0.3) is 0 Å². The number of ether oxygens (including phenoxy) is 2. The minimum absolute atomic E-state index is 0.0911. The van der Waals surface area contributed by atoms with Crippen LogP contribution in [0.2, 0.25) is 0 Å². The Bertz CT molecular complexity index is 442. The predicted octanol–water partition coefficient (Wildman–Crippen LogP) is 1.19. The second-order valence-corrected chi connectivity index (χ2v) is 5.13. The van der Waals surface area contributed by atoms with Crippen molar-refractivity contribution in [1.29, 1.82) is 0 Å². The molecule has 1 unspecified atom stereocenters. The van der Waals surface area contributed by atoms with Gasteiger partial charge in [0.1, 0.15) is 5.75 Å². The molecule has 1 saturated heterocycles. The Hall–Kier alpha value is -1.59. The van der Waals surface area contributed by atoms with Crippen LogP contribution in [0.15, 0.2) is 24.3 Å². The summed E-state index contributed by atoms with van der Waals surface area (Å²) in [4.78, 5) is 12.1. The van der Waals surface area contributed by atoms with Crippen molar-refractivity contribution < 1.29 is 14.3 Å². The van der Waals surface area contributed by atoms with Gasteiger partial charge in [-0.1, -0.05) is 6.07 Å². The minimum atomic E-state index is -0.0911. The van der Waals surface area contributed by atoms with E-state index in [1.54, 1.807) is 12.1 Å². The van der Waals surface area contributed by atoms with Gasteiger partial charge in [-0.05, 0) is 32.0 Å². The third kappa shape index (κ3) is 4.51. The van der Waals surface area contributed by atoms with Crippen LogP contribution in [0.4, 0.5) is 0 Å². The van der Waals surface area contributed by atoms with Crippen LogP contribution >= 0.6 is 0 Å². The number of morpholine rings is 1. The van der Waals surface area contributed by atoms with Crippen LogP contribution in [0, 0.1) is 0 Å². The summed E-state index contributed by atoms with van der Waals surface area (Å²) in [6.45, 7) is 6.69. The van der Waals surface area contributed by atoms with Crippen molar-refractivity contribution in [3.63, 3.8) is 0 Å². The smallest absolute Gasteiger partial charge is 0.251 e. The van der Waals surface area contributed by atoms with Gasteiger partial charge in [0.25, 0.3) is 5.91 Å². The first-order valence-corrected chi connectivity index (χ1v) is 7.01. The van der Waals surface area contributed by atoms with Crippen LogP contribution < -0.4 is 15.4 Å². The maximum Gasteiger partial charge on any atom is 0.251 e. The fraction of sp³-hybridized carbons (Fsp3) is 0.533. The van der Waals surface area contributed by atoms with E-state index in [1.165, 1.54) is 0 Å². The minimum Gasteiger partial charge on any atom is -0.491 e. The molecule has 1 aliphatic rings. The zero-order chi connectivity index (χ0) is 14.4. The van der Waals surface area contributed by atoms with Crippen molar-refractivity contribution in [3.05, 3.63) is 29.8 Å². The summed E-state index contributed by atoms with van der Waals surface area (Å²) in [5, 5.41) is 6.21. The normalized spacial score (nSPS) is 18.9. The molecule has 0 radical (unpaired) electrons. The summed E-state index contributed by atoms with van der Waals surface area (Å²) in [6.07, 6.45) is 0.0944. The maximum atomic E-state index is 12.1. The monoisotopic (exact) mass is 278 g/mol. The fourth-order valence-electron chi connectivity index (χ4n) is 2.05. The number of benzene rings is 1. The van der Waals surface area contributed by atoms with Gasteiger partial charge in [0.15, 0.2) is 0 Å². The highest BCUT2D eigenvalue weighted by atomic mass is 16.5. The van der Waals surface area contributed by atoms with Gasteiger partial charge in [-0.2, -0.15) is 0 Å². The highest BCUT2D eigenvalue weighted by Gasteiger charge is 2.14. The standard InChI is InChI=1S/C15H22N2O3/c1-11(2)20-14-5-3-4-12(8-14)15(18)17-9-13-10-19-7-6-16-13/h3-5,8,11,13,16H,6-7,9-10H2,1-2H3,(H,17,18). The third-order valence-corrected chi connectivity index (χ3v) is 2.98. The molecule has 1 aromatic carbocycles. The largest absolute Gasteiger partial charge is 0.491 e. The average Bonchev–Trinajstić information content (AvgIpc) is 2.45. The molecule has 0 saturated carbocycles. The predicted molar refractivity (Wildman–Crippen MR) is 77.1 cm³/mol. The molecule has 1 aliphatic heterocycles. The van der Waals surface area contributed by atoms with Crippen LogP contribution in [0.1, 0.15) is 24.2 Å². The Morgan fingerprint density at radius 3 is 3.10 bits per heavy atom. The van der Waals surface area contributed by atoms with Gasteiger partial charge < -0.3 is 20.1 Å². The second-order valence-electron chi connectivity index (χ2n) is 5.13. The Morgan fingerprint density at radius 1 is 1.55 bits per heavy atom. The zero-order valence-electron chi connectivity index (χ0n) is 12.0. The van der Waals surface area contributed by atoms with Gasteiger partial charge >= 0.3 is 0 Å². The average molecular weight is 278 g/mol. The molecule has 0 aromatic heterocycles. The van der Waals surface area contributed by atoms with E-state index in [0.29, 0.717) is 24.5 Å². The van der Waals surface area contributed by atoms with Crippen molar-refractivity contribution in [1.82, 2.24) is 10.6 Å². The van der Waals surface area contributed by atoms with Crippen LogP contribution in [-0.2, 0) is 4.74 Å². The lowest BCUT2D eigenvalue weighted by atomic mass is 10.2. The van der Waals surface area contributed by atoms with Gasteiger partial charge in [0.2, 0.25) is 0 Å². The number of carbonyl (C=O) groups excluding carboxylic acids is 1. The zero-order valence-corrected chi connectivity index (χ0v) is 12.0. The van der Waals surface area contributed by atoms with E-state index in [0.717, 1.165) is 13.2 Å². The van der Waals surface area contributed by atoms with E-state index < -0.39 is 0 Å². The van der Waals surface area contributed by atoms with E-state index in [2.05, 4.69) is 10.6 Å². The highest BCUT2D eigenvalue weighted by molar-refractivity contribution is 5.94. The molecule has 0 spiro atoms. The first-order chi connectivity index (χ1) is 9.65. The van der Waals surface area contributed by atoms with Crippen molar-refractivity contribution in [2.24, 2.45) is 0 Å². The first-order valence-electron chi connectivity index (χ1n) is 7.01. The van der Waals surface area contributed by atoms with Crippen molar-refractivity contribution in [3.8, 4) is 5.75 Å². The van der Waals surface area contributed by atoms with Gasteiger partial charge in [-0.3, -0.25) is 4.79 Å². The first kappa shape index (κ1) is 14.8. The van der Waals surface area contributed by atoms with E-state index >= 15 is 0 Å². The quantitative estimate of drug-likeness (QED) is 0.849. The lowest BCUT2D eigenvalue weighted by Crippen LogP contribution is -2.48. The topological polar surface area (TPSA) is 59.6 Å². The number of nitrogens with one attached hydrogen (secondary N) is 2. The van der Waals surface area contributed by atoms with Crippen molar-refractivity contribution >= 4 is 5.91 Å². The molecule has 2 rings (SSSR count). The van der Waals surface area contributed by atoms with E-state index in [9.17, 15) is 4.79 Å². The molecule has 5 nitrogen and oxygen atoms in total. The van der Waals surface area contributed by atoms with Crippen LogP contribution in [0.3, 0.4) is 0 Å². The van der Waals surface area contributed by atoms with E-state index in [1.807, 2.05) is 26.0 Å². The fourth-order valence-corrected chi connectivity index (χ4v) is 2.05. The lowest BCUT2D eigenvalue weighted by molar-refractivity contribution is 0.0734. The number of rotatable bonds is 5. The summed E-state index contributed by atoms with van der Waals surface area (Å²) in [6, 6.07) is 7.41. The van der Waals surface area contributed by atoms with Gasteiger partial charge in [0.05, 0.1) is 19.3 Å². The summed E-state index contributed by atoms with van der Waals surface area (Å²) in [5.41, 5.74) is 0.611. The third-order valence-electron chi connectivity index (χ3n) is 2.98. The Morgan fingerprint density at radius 2 is 2.40 bits per heavy atom. The van der Waals surface area contributed by atoms with Gasteiger partial charge in [0, 0.05) is 24.7 Å². The number of hydrogen-bond acceptors (Lipinski definition) is 4. The molecule has 1 fully saturated rings. The molecular weight excluding hydrogens is 256 g/mol. The molecule has 1 heterocycles. The Kier molecular flexibility index (Phi) is 5.38. The molecule has 1 atom stereocenters. The Labute approximate surface area is 119 Å². The van der Waals surface area contributed by atoms with Crippen molar-refractivity contribution in [2.75, 3.05) is 26.3 Å². The number of hydrogen-bond donors (Lipinski definition) is 2. The van der Waals surface area contributed by atoms with Gasteiger partial charge in [-0.15, -0.1) is 0 Å². The molecule has 5 heteroatoms. The van der Waals surface area contributed by atoms with E-state index in [-0.39, 0.29) is 18.1 Å².